The molecule has 0 saturated carbocycles. The Hall–Kier alpha value is -2.35. The van der Waals surface area contributed by atoms with Crippen LogP contribution in [0.25, 0.3) is 0 Å². The smallest absolute Gasteiger partial charge is 0.316 e. The minimum Gasteiger partial charge on any atom is -0.465 e. The number of carbonyl (C=O) groups is 1. The molecule has 0 aliphatic carbocycles. The fraction of sp³-hybridized carbons (Fsp3) is 0.231. The molecule has 0 bridgehead atoms. The van der Waals surface area contributed by atoms with Gasteiger partial charge in [-0.2, -0.15) is 10.1 Å². The van der Waals surface area contributed by atoms with E-state index in [-0.39, 0.29) is 11.7 Å². The van der Waals surface area contributed by atoms with Crippen LogP contribution in [0.1, 0.15) is 12.5 Å². The van der Waals surface area contributed by atoms with Crippen LogP contribution >= 0.6 is 11.8 Å². The fourth-order valence-electron chi connectivity index (χ4n) is 1.39. The molecule has 7 nitrogen and oxygen atoms in total. The molecule has 0 fully saturated rings. The van der Waals surface area contributed by atoms with E-state index in [0.29, 0.717) is 17.7 Å². The van der Waals surface area contributed by atoms with Gasteiger partial charge in [-0.1, -0.05) is 42.1 Å². The third-order valence-corrected chi connectivity index (χ3v) is 3.09. The first-order valence-electron chi connectivity index (χ1n) is 6.33. The van der Waals surface area contributed by atoms with Gasteiger partial charge in [0.2, 0.25) is 11.1 Å². The van der Waals surface area contributed by atoms with Crippen LogP contribution in [0.5, 0.6) is 0 Å². The zero-order valence-electron chi connectivity index (χ0n) is 11.4. The molecule has 0 spiro atoms. The molecule has 2 aromatic rings. The normalized spacial score (nSPS) is 10.7. The Bertz CT molecular complexity index is 600. The Morgan fingerprint density at radius 3 is 3.05 bits per heavy atom. The highest BCUT2D eigenvalue weighted by Crippen LogP contribution is 2.13. The number of hydrogen-bond acceptors (Lipinski definition) is 7. The maximum absolute atomic E-state index is 11.2. The molecule has 8 heteroatoms. The number of carbonyl (C=O) groups excluding carboxylic acids is 1. The molecule has 110 valence electrons. The maximum Gasteiger partial charge on any atom is 0.316 e. The van der Waals surface area contributed by atoms with Crippen molar-refractivity contribution in [3.05, 3.63) is 35.9 Å². The zero-order chi connectivity index (χ0) is 14.9. The van der Waals surface area contributed by atoms with Gasteiger partial charge in [0, 0.05) is 0 Å². The molecule has 0 saturated heterocycles. The van der Waals surface area contributed by atoms with E-state index in [2.05, 4.69) is 25.7 Å². The molecule has 1 aromatic carbocycles. The summed E-state index contributed by atoms with van der Waals surface area (Å²) in [5, 5.41) is 11.1. The van der Waals surface area contributed by atoms with Crippen molar-refractivity contribution < 1.29 is 9.53 Å². The van der Waals surface area contributed by atoms with Gasteiger partial charge in [0.05, 0.1) is 18.6 Å². The minimum atomic E-state index is -0.288. The van der Waals surface area contributed by atoms with Gasteiger partial charge >= 0.3 is 5.97 Å². The third-order valence-electron chi connectivity index (χ3n) is 2.27. The van der Waals surface area contributed by atoms with E-state index < -0.39 is 0 Å². The van der Waals surface area contributed by atoms with Gasteiger partial charge in [0.15, 0.2) is 0 Å². The third kappa shape index (κ3) is 5.27. The number of hydrogen-bond donors (Lipinski definition) is 2. The van der Waals surface area contributed by atoms with Gasteiger partial charge in [0.1, 0.15) is 0 Å². The summed E-state index contributed by atoms with van der Waals surface area (Å²) in [5.41, 5.74) is 3.71. The number of H-pyrrole nitrogens is 1. The van der Waals surface area contributed by atoms with E-state index in [9.17, 15) is 4.79 Å². The second-order valence-corrected chi connectivity index (χ2v) is 4.78. The quantitative estimate of drug-likeness (QED) is 0.351. The summed E-state index contributed by atoms with van der Waals surface area (Å²) in [5.74, 6) is 0.302. The summed E-state index contributed by atoms with van der Waals surface area (Å²) < 4.78 is 4.82. The SMILES string of the molecule is CCOC(=O)CSc1n[nH]c(N/N=C\c2ccccc2)n1. The van der Waals surface area contributed by atoms with E-state index in [1.54, 1.807) is 13.1 Å². The molecule has 0 aliphatic heterocycles. The number of thioether (sulfide) groups is 1. The van der Waals surface area contributed by atoms with E-state index in [1.165, 1.54) is 11.8 Å². The highest BCUT2D eigenvalue weighted by molar-refractivity contribution is 7.99. The molecular weight excluding hydrogens is 290 g/mol. The Morgan fingerprint density at radius 2 is 2.29 bits per heavy atom. The number of ether oxygens (including phenoxy) is 1. The first-order chi connectivity index (χ1) is 10.3. The molecule has 0 atom stereocenters. The topological polar surface area (TPSA) is 92.3 Å². The van der Waals surface area contributed by atoms with E-state index in [1.807, 2.05) is 30.3 Å². The fourth-order valence-corrected chi connectivity index (χ4v) is 1.99. The lowest BCUT2D eigenvalue weighted by Gasteiger charge is -1.97. The van der Waals surface area contributed by atoms with Crippen molar-refractivity contribution in [2.45, 2.75) is 12.1 Å². The number of benzene rings is 1. The van der Waals surface area contributed by atoms with Crippen molar-refractivity contribution in [1.29, 1.82) is 0 Å². The van der Waals surface area contributed by atoms with Crippen LogP contribution < -0.4 is 5.43 Å². The van der Waals surface area contributed by atoms with Crippen molar-refractivity contribution in [2.24, 2.45) is 5.10 Å². The Morgan fingerprint density at radius 1 is 1.48 bits per heavy atom. The van der Waals surface area contributed by atoms with Crippen molar-refractivity contribution >= 4 is 29.9 Å². The van der Waals surface area contributed by atoms with E-state index in [4.69, 9.17) is 4.74 Å². The maximum atomic E-state index is 11.2. The van der Waals surface area contributed by atoms with Gasteiger partial charge < -0.3 is 4.74 Å². The summed E-state index contributed by atoms with van der Waals surface area (Å²) in [7, 11) is 0. The van der Waals surface area contributed by atoms with Crippen LogP contribution in [-0.4, -0.2) is 39.7 Å². The van der Waals surface area contributed by atoms with Crippen LogP contribution in [0.4, 0.5) is 5.95 Å². The predicted octanol–water partition coefficient (Wildman–Crippen LogP) is 1.91. The van der Waals surface area contributed by atoms with Crippen molar-refractivity contribution in [2.75, 3.05) is 17.8 Å². The van der Waals surface area contributed by atoms with Gasteiger partial charge in [-0.05, 0) is 12.5 Å². The Labute approximate surface area is 126 Å². The summed E-state index contributed by atoms with van der Waals surface area (Å²) in [6.07, 6.45) is 1.67. The molecule has 0 radical (unpaired) electrons. The lowest BCUT2D eigenvalue weighted by molar-refractivity contribution is -0.139. The van der Waals surface area contributed by atoms with Crippen LogP contribution in [0.2, 0.25) is 0 Å². The molecule has 2 rings (SSSR count). The number of hydrazone groups is 1. The van der Waals surface area contributed by atoms with Crippen LogP contribution in [0, 0.1) is 0 Å². The summed E-state index contributed by atoms with van der Waals surface area (Å²) in [6, 6.07) is 9.67. The number of aromatic nitrogens is 3. The molecule has 2 N–H and O–H groups in total. The van der Waals surface area contributed by atoms with Crippen molar-refractivity contribution in [3.8, 4) is 0 Å². The molecule has 1 aromatic heterocycles. The average molecular weight is 305 g/mol. The number of aromatic amines is 1. The number of esters is 1. The first-order valence-corrected chi connectivity index (χ1v) is 7.31. The van der Waals surface area contributed by atoms with Crippen LogP contribution in [0.3, 0.4) is 0 Å². The first kappa shape index (κ1) is 15.0. The van der Waals surface area contributed by atoms with Gasteiger partial charge in [-0.15, -0.1) is 5.10 Å². The zero-order valence-corrected chi connectivity index (χ0v) is 12.3. The second kappa shape index (κ2) is 8.05. The molecule has 0 aliphatic rings. The van der Waals surface area contributed by atoms with Gasteiger partial charge in [0.25, 0.3) is 0 Å². The number of nitrogens with zero attached hydrogens (tertiary/aromatic N) is 3. The standard InChI is InChI=1S/C13H15N5O2S/c1-2-20-11(19)9-21-13-15-12(17-18-13)16-14-8-10-6-4-3-5-7-10/h3-8H,2,9H2,1H3,(H2,15,16,17,18)/b14-8-. The predicted molar refractivity (Wildman–Crippen MR) is 81.4 cm³/mol. The lowest BCUT2D eigenvalue weighted by Crippen LogP contribution is -2.06. The monoisotopic (exact) mass is 305 g/mol. The Kier molecular flexibility index (Phi) is 5.77. The highest BCUT2D eigenvalue weighted by atomic mass is 32.2. The molecular formula is C13H15N5O2S. The summed E-state index contributed by atoms with van der Waals surface area (Å²) in [6.45, 7) is 2.14. The van der Waals surface area contributed by atoms with E-state index in [0.717, 1.165) is 5.56 Å². The highest BCUT2D eigenvalue weighted by Gasteiger charge is 2.07. The van der Waals surface area contributed by atoms with Crippen LogP contribution in [0.15, 0.2) is 40.6 Å². The van der Waals surface area contributed by atoms with Gasteiger partial charge in [-0.25, -0.2) is 10.5 Å². The summed E-state index contributed by atoms with van der Waals surface area (Å²) >= 11 is 1.20. The number of nitrogens with one attached hydrogen (secondary N) is 2. The number of anilines is 1. The second-order valence-electron chi connectivity index (χ2n) is 3.84. The lowest BCUT2D eigenvalue weighted by atomic mass is 10.2. The van der Waals surface area contributed by atoms with Crippen molar-refractivity contribution in [3.63, 3.8) is 0 Å². The van der Waals surface area contributed by atoms with E-state index >= 15 is 0 Å². The molecule has 0 amide bonds. The van der Waals surface area contributed by atoms with Crippen molar-refractivity contribution in [1.82, 2.24) is 15.2 Å². The molecule has 1 heterocycles. The van der Waals surface area contributed by atoms with Gasteiger partial charge in [-0.3, -0.25) is 4.79 Å². The molecule has 0 unspecified atom stereocenters. The summed E-state index contributed by atoms with van der Waals surface area (Å²) in [4.78, 5) is 15.3. The minimum absolute atomic E-state index is 0.179. The molecule has 21 heavy (non-hydrogen) atoms. The van der Waals surface area contributed by atoms with Crippen LogP contribution in [-0.2, 0) is 9.53 Å². The Balaban J connectivity index is 1.80. The largest absolute Gasteiger partial charge is 0.465 e. The number of rotatable bonds is 7. The average Bonchev–Trinajstić information content (AvgIpc) is 2.95.